The summed E-state index contributed by atoms with van der Waals surface area (Å²) in [4.78, 5) is 11.8. The third kappa shape index (κ3) is 1.53. The van der Waals surface area contributed by atoms with Crippen LogP contribution in [0.5, 0.6) is 0 Å². The number of carbonyl (C=O) groups is 1. The van der Waals surface area contributed by atoms with E-state index in [9.17, 15) is 4.79 Å². The van der Waals surface area contributed by atoms with Crippen molar-refractivity contribution in [1.29, 1.82) is 0 Å². The maximum atomic E-state index is 11.8. The Bertz CT molecular complexity index is 366. The molecular formula is C12H14N2O. The van der Waals surface area contributed by atoms with E-state index >= 15 is 0 Å². The number of benzene rings is 1. The molecule has 1 heterocycles. The first-order chi connectivity index (χ1) is 7.36. The molecule has 78 valence electrons. The molecule has 0 bridgehead atoms. The van der Waals surface area contributed by atoms with Gasteiger partial charge in [-0.25, -0.2) is 0 Å². The fourth-order valence-corrected chi connectivity index (χ4v) is 2.55. The molecule has 2 aliphatic rings. The van der Waals surface area contributed by atoms with Crippen molar-refractivity contribution in [3.63, 3.8) is 0 Å². The predicted octanol–water partition coefficient (Wildman–Crippen LogP) is 1.09. The van der Waals surface area contributed by atoms with Crippen LogP contribution in [0, 0.1) is 17.8 Å². The Balaban J connectivity index is 1.63. The fourth-order valence-electron chi connectivity index (χ4n) is 2.55. The zero-order valence-corrected chi connectivity index (χ0v) is 8.44. The second-order valence-corrected chi connectivity index (χ2v) is 4.37. The number of hydrogen-bond donors (Lipinski definition) is 2. The summed E-state index contributed by atoms with van der Waals surface area (Å²) < 4.78 is 0. The van der Waals surface area contributed by atoms with E-state index in [4.69, 9.17) is 0 Å². The van der Waals surface area contributed by atoms with E-state index in [0.717, 1.165) is 18.8 Å². The van der Waals surface area contributed by atoms with Gasteiger partial charge in [-0.05, 0) is 37.1 Å². The highest BCUT2D eigenvalue weighted by molar-refractivity contribution is 5.95. The summed E-state index contributed by atoms with van der Waals surface area (Å²) in [6, 6.07) is 9.67. The lowest BCUT2D eigenvalue weighted by Crippen LogP contribution is -2.23. The molecule has 3 nitrogen and oxygen atoms in total. The molecule has 2 atom stereocenters. The summed E-state index contributed by atoms with van der Waals surface area (Å²) in [5, 5.41) is 6.26. The molecule has 1 saturated heterocycles. The van der Waals surface area contributed by atoms with Crippen molar-refractivity contribution in [1.82, 2.24) is 5.32 Å². The first-order valence-corrected chi connectivity index (χ1v) is 5.43. The average molecular weight is 202 g/mol. The zero-order valence-electron chi connectivity index (χ0n) is 8.44. The van der Waals surface area contributed by atoms with E-state index < -0.39 is 0 Å². The Morgan fingerprint density at radius 3 is 2.53 bits per heavy atom. The number of rotatable bonds is 2. The van der Waals surface area contributed by atoms with E-state index in [0.29, 0.717) is 11.8 Å². The lowest BCUT2D eigenvalue weighted by molar-refractivity contribution is -0.118. The highest BCUT2D eigenvalue weighted by atomic mass is 16.2. The van der Waals surface area contributed by atoms with Crippen LogP contribution >= 0.6 is 0 Å². The lowest BCUT2D eigenvalue weighted by atomic mass is 10.2. The van der Waals surface area contributed by atoms with Crippen LogP contribution < -0.4 is 10.6 Å². The van der Waals surface area contributed by atoms with Gasteiger partial charge < -0.3 is 10.6 Å². The number of para-hydroxylation sites is 1. The van der Waals surface area contributed by atoms with Gasteiger partial charge in [0.1, 0.15) is 0 Å². The van der Waals surface area contributed by atoms with Crippen LogP contribution in [-0.2, 0) is 4.79 Å². The molecular weight excluding hydrogens is 188 g/mol. The van der Waals surface area contributed by atoms with E-state index in [1.54, 1.807) is 0 Å². The van der Waals surface area contributed by atoms with Crippen molar-refractivity contribution < 1.29 is 4.79 Å². The molecule has 0 radical (unpaired) electrons. The van der Waals surface area contributed by atoms with Crippen molar-refractivity contribution in [2.75, 3.05) is 18.4 Å². The van der Waals surface area contributed by atoms with E-state index in [1.165, 1.54) is 0 Å². The minimum absolute atomic E-state index is 0.192. The van der Waals surface area contributed by atoms with Crippen LogP contribution in [0.25, 0.3) is 0 Å². The van der Waals surface area contributed by atoms with Crippen LogP contribution in [0.15, 0.2) is 30.3 Å². The van der Waals surface area contributed by atoms with E-state index in [2.05, 4.69) is 10.6 Å². The average Bonchev–Trinajstić information content (AvgIpc) is 2.75. The topological polar surface area (TPSA) is 41.1 Å². The van der Waals surface area contributed by atoms with E-state index in [-0.39, 0.29) is 11.8 Å². The molecule has 1 saturated carbocycles. The van der Waals surface area contributed by atoms with Crippen LogP contribution in [0.4, 0.5) is 5.69 Å². The van der Waals surface area contributed by atoms with Crippen molar-refractivity contribution in [3.8, 4) is 0 Å². The van der Waals surface area contributed by atoms with Gasteiger partial charge in [0.05, 0.1) is 0 Å². The normalized spacial score (nSPS) is 32.1. The Labute approximate surface area is 88.9 Å². The number of piperidine rings is 1. The number of amides is 1. The monoisotopic (exact) mass is 202 g/mol. The number of fused-ring (bicyclic) bond motifs is 1. The van der Waals surface area contributed by atoms with Crippen molar-refractivity contribution >= 4 is 11.6 Å². The minimum Gasteiger partial charge on any atom is -0.326 e. The van der Waals surface area contributed by atoms with E-state index in [1.807, 2.05) is 30.3 Å². The quantitative estimate of drug-likeness (QED) is 0.753. The zero-order chi connectivity index (χ0) is 10.3. The van der Waals surface area contributed by atoms with Crippen LogP contribution in [0.3, 0.4) is 0 Å². The lowest BCUT2D eigenvalue weighted by Gasteiger charge is -2.06. The summed E-state index contributed by atoms with van der Waals surface area (Å²) >= 11 is 0. The molecule has 1 aromatic carbocycles. The SMILES string of the molecule is O=C(Nc1ccccc1)C1C2CNCC21. The molecule has 0 spiro atoms. The van der Waals surface area contributed by atoms with Crippen LogP contribution in [-0.4, -0.2) is 19.0 Å². The Kier molecular flexibility index (Phi) is 1.99. The molecule has 3 heteroatoms. The second-order valence-electron chi connectivity index (χ2n) is 4.37. The highest BCUT2D eigenvalue weighted by Gasteiger charge is 2.56. The summed E-state index contributed by atoms with van der Waals surface area (Å²) in [5.41, 5.74) is 0.903. The van der Waals surface area contributed by atoms with Gasteiger partial charge in [0.25, 0.3) is 0 Å². The van der Waals surface area contributed by atoms with Gasteiger partial charge in [0, 0.05) is 11.6 Å². The molecule has 2 N–H and O–H groups in total. The standard InChI is InChI=1S/C12H14N2O/c15-12(11-9-6-13-7-10(9)11)14-8-4-2-1-3-5-8/h1-5,9-11,13H,6-7H2,(H,14,15). The summed E-state index contributed by atoms with van der Waals surface area (Å²) in [5.74, 6) is 1.63. The van der Waals surface area contributed by atoms with Gasteiger partial charge in [-0.15, -0.1) is 0 Å². The Morgan fingerprint density at radius 2 is 1.87 bits per heavy atom. The molecule has 1 aliphatic carbocycles. The first-order valence-electron chi connectivity index (χ1n) is 5.43. The second kappa shape index (κ2) is 3.35. The van der Waals surface area contributed by atoms with Gasteiger partial charge in [-0.3, -0.25) is 4.79 Å². The highest BCUT2D eigenvalue weighted by Crippen LogP contribution is 2.49. The Hall–Kier alpha value is -1.35. The van der Waals surface area contributed by atoms with Gasteiger partial charge in [-0.1, -0.05) is 18.2 Å². The number of anilines is 1. The maximum absolute atomic E-state index is 11.8. The molecule has 3 rings (SSSR count). The number of carbonyl (C=O) groups excluding carboxylic acids is 1. The smallest absolute Gasteiger partial charge is 0.228 e. The van der Waals surface area contributed by atoms with Crippen molar-refractivity contribution in [3.05, 3.63) is 30.3 Å². The largest absolute Gasteiger partial charge is 0.326 e. The molecule has 2 unspecified atom stereocenters. The van der Waals surface area contributed by atoms with Crippen LogP contribution in [0.1, 0.15) is 0 Å². The molecule has 15 heavy (non-hydrogen) atoms. The van der Waals surface area contributed by atoms with Gasteiger partial charge in [0.2, 0.25) is 5.91 Å². The number of hydrogen-bond acceptors (Lipinski definition) is 2. The molecule has 1 aliphatic heterocycles. The summed E-state index contributed by atoms with van der Waals surface area (Å²) in [7, 11) is 0. The summed E-state index contributed by atoms with van der Waals surface area (Å²) in [6.45, 7) is 2.02. The predicted molar refractivity (Wildman–Crippen MR) is 58.4 cm³/mol. The third-order valence-corrected chi connectivity index (χ3v) is 3.44. The first kappa shape index (κ1) is 8.92. The molecule has 1 amide bonds. The third-order valence-electron chi connectivity index (χ3n) is 3.44. The fraction of sp³-hybridized carbons (Fsp3) is 0.417. The summed E-state index contributed by atoms with van der Waals surface area (Å²) in [6.07, 6.45) is 0. The Morgan fingerprint density at radius 1 is 1.20 bits per heavy atom. The van der Waals surface area contributed by atoms with Crippen molar-refractivity contribution in [2.24, 2.45) is 17.8 Å². The minimum atomic E-state index is 0.192. The van der Waals surface area contributed by atoms with Crippen molar-refractivity contribution in [2.45, 2.75) is 0 Å². The maximum Gasteiger partial charge on any atom is 0.228 e. The van der Waals surface area contributed by atoms with Crippen LogP contribution in [0.2, 0.25) is 0 Å². The van der Waals surface area contributed by atoms with Gasteiger partial charge in [0.15, 0.2) is 0 Å². The molecule has 1 aromatic rings. The van der Waals surface area contributed by atoms with Gasteiger partial charge >= 0.3 is 0 Å². The molecule has 2 fully saturated rings. The number of nitrogens with one attached hydrogen (secondary N) is 2. The van der Waals surface area contributed by atoms with Gasteiger partial charge in [-0.2, -0.15) is 0 Å². The molecule has 0 aromatic heterocycles.